The van der Waals surface area contributed by atoms with Crippen molar-refractivity contribution in [3.8, 4) is 0 Å². The van der Waals surface area contributed by atoms with Crippen molar-refractivity contribution in [3.05, 3.63) is 0 Å². The third kappa shape index (κ3) is 3.60. The standard InChI is InChI=1S/C14H26N2O3/c1-14(2,3)19-13(17)16-7-11-10(6-15(4)5)9-18-12(11)8-16/h10-12H,6-9H2,1-5H3/t10?,11?,12-/m1/s1. The molecule has 3 atom stereocenters. The monoisotopic (exact) mass is 270 g/mol. The highest BCUT2D eigenvalue weighted by molar-refractivity contribution is 5.68. The van der Waals surface area contributed by atoms with Crippen molar-refractivity contribution in [2.24, 2.45) is 11.8 Å². The first-order chi connectivity index (χ1) is 8.76. The lowest BCUT2D eigenvalue weighted by Crippen LogP contribution is -2.37. The highest BCUT2D eigenvalue weighted by atomic mass is 16.6. The zero-order valence-corrected chi connectivity index (χ0v) is 12.7. The number of hydrogen-bond acceptors (Lipinski definition) is 4. The lowest BCUT2D eigenvalue weighted by molar-refractivity contribution is 0.0220. The molecule has 0 aromatic rings. The number of nitrogens with zero attached hydrogens (tertiary/aromatic N) is 2. The first kappa shape index (κ1) is 14.6. The van der Waals surface area contributed by atoms with E-state index in [0.29, 0.717) is 18.4 Å². The van der Waals surface area contributed by atoms with Gasteiger partial charge in [0.05, 0.1) is 19.3 Å². The summed E-state index contributed by atoms with van der Waals surface area (Å²) in [6, 6.07) is 0. The molecule has 1 amide bonds. The van der Waals surface area contributed by atoms with Gasteiger partial charge in [-0.2, -0.15) is 0 Å². The van der Waals surface area contributed by atoms with Crippen molar-refractivity contribution in [1.82, 2.24) is 9.80 Å². The molecular formula is C14H26N2O3. The zero-order valence-electron chi connectivity index (χ0n) is 12.7. The summed E-state index contributed by atoms with van der Waals surface area (Å²) in [5.41, 5.74) is -0.432. The molecule has 2 aliphatic heterocycles. The summed E-state index contributed by atoms with van der Waals surface area (Å²) >= 11 is 0. The van der Waals surface area contributed by atoms with Crippen molar-refractivity contribution in [3.63, 3.8) is 0 Å². The Labute approximate surface area is 115 Å². The molecule has 19 heavy (non-hydrogen) atoms. The lowest BCUT2D eigenvalue weighted by atomic mass is 9.93. The summed E-state index contributed by atoms with van der Waals surface area (Å²) in [5, 5.41) is 0. The third-order valence-electron chi connectivity index (χ3n) is 3.69. The largest absolute Gasteiger partial charge is 0.444 e. The molecule has 0 aromatic heterocycles. The number of carbonyl (C=O) groups excluding carboxylic acids is 1. The minimum absolute atomic E-state index is 0.192. The Morgan fingerprint density at radius 3 is 2.63 bits per heavy atom. The Balaban J connectivity index is 1.91. The number of ether oxygens (including phenoxy) is 2. The molecule has 2 saturated heterocycles. The van der Waals surface area contributed by atoms with Gasteiger partial charge in [-0.15, -0.1) is 0 Å². The highest BCUT2D eigenvalue weighted by Gasteiger charge is 2.46. The average molecular weight is 270 g/mol. The predicted octanol–water partition coefficient (Wildman–Crippen LogP) is 1.43. The van der Waals surface area contributed by atoms with E-state index in [9.17, 15) is 4.79 Å². The summed E-state index contributed by atoms with van der Waals surface area (Å²) in [6.07, 6.45) is -0.0217. The Bertz CT molecular complexity index is 338. The average Bonchev–Trinajstić information content (AvgIpc) is 2.77. The van der Waals surface area contributed by atoms with E-state index in [-0.39, 0.29) is 12.2 Å². The first-order valence-electron chi connectivity index (χ1n) is 7.00. The van der Waals surface area contributed by atoms with E-state index in [0.717, 1.165) is 19.7 Å². The van der Waals surface area contributed by atoms with Gasteiger partial charge in [0, 0.05) is 24.9 Å². The molecule has 0 radical (unpaired) electrons. The number of carbonyl (C=O) groups is 1. The summed E-state index contributed by atoms with van der Waals surface area (Å²) in [6.45, 7) is 8.95. The summed E-state index contributed by atoms with van der Waals surface area (Å²) in [7, 11) is 4.15. The fraction of sp³-hybridized carbons (Fsp3) is 0.929. The topological polar surface area (TPSA) is 42.0 Å². The van der Waals surface area contributed by atoms with Crippen LogP contribution in [0.25, 0.3) is 0 Å². The van der Waals surface area contributed by atoms with E-state index < -0.39 is 5.60 Å². The van der Waals surface area contributed by atoms with Crippen molar-refractivity contribution in [2.45, 2.75) is 32.5 Å². The second-order valence-electron chi connectivity index (χ2n) is 6.94. The van der Waals surface area contributed by atoms with Crippen LogP contribution >= 0.6 is 0 Å². The molecule has 0 N–H and O–H groups in total. The molecule has 5 nitrogen and oxygen atoms in total. The minimum atomic E-state index is -0.432. The normalized spacial score (nSPS) is 30.8. The van der Waals surface area contributed by atoms with Gasteiger partial charge < -0.3 is 19.3 Å². The van der Waals surface area contributed by atoms with E-state index >= 15 is 0 Å². The van der Waals surface area contributed by atoms with E-state index in [4.69, 9.17) is 9.47 Å². The molecule has 0 aromatic carbocycles. The van der Waals surface area contributed by atoms with Gasteiger partial charge in [0.2, 0.25) is 0 Å². The SMILES string of the molecule is CN(C)CC1CO[C@@H]2CN(C(=O)OC(C)(C)C)CC12. The van der Waals surface area contributed by atoms with Crippen LogP contribution in [0.4, 0.5) is 4.79 Å². The fourth-order valence-corrected chi connectivity index (χ4v) is 2.93. The van der Waals surface area contributed by atoms with E-state index in [1.54, 1.807) is 4.90 Å². The third-order valence-corrected chi connectivity index (χ3v) is 3.69. The van der Waals surface area contributed by atoms with Crippen LogP contribution in [0.5, 0.6) is 0 Å². The maximum Gasteiger partial charge on any atom is 0.410 e. The van der Waals surface area contributed by atoms with Crippen LogP contribution in [0.2, 0.25) is 0 Å². The molecule has 2 aliphatic rings. The van der Waals surface area contributed by atoms with Gasteiger partial charge in [0.25, 0.3) is 0 Å². The van der Waals surface area contributed by atoms with Crippen LogP contribution in [0.15, 0.2) is 0 Å². The minimum Gasteiger partial charge on any atom is -0.444 e. The molecule has 5 heteroatoms. The molecule has 0 spiro atoms. The van der Waals surface area contributed by atoms with Gasteiger partial charge in [0.15, 0.2) is 0 Å². The summed E-state index contributed by atoms with van der Waals surface area (Å²) in [4.78, 5) is 16.0. The maximum atomic E-state index is 12.1. The summed E-state index contributed by atoms with van der Waals surface area (Å²) in [5.74, 6) is 0.974. The van der Waals surface area contributed by atoms with Crippen LogP contribution in [-0.2, 0) is 9.47 Å². The Morgan fingerprint density at radius 1 is 1.37 bits per heavy atom. The van der Waals surface area contributed by atoms with Gasteiger partial charge in [-0.25, -0.2) is 4.79 Å². The molecule has 2 heterocycles. The number of amides is 1. The highest BCUT2D eigenvalue weighted by Crippen LogP contribution is 2.34. The van der Waals surface area contributed by atoms with Crippen LogP contribution in [0.3, 0.4) is 0 Å². The van der Waals surface area contributed by atoms with Gasteiger partial charge in [-0.1, -0.05) is 0 Å². The molecule has 2 unspecified atom stereocenters. The fourth-order valence-electron chi connectivity index (χ4n) is 2.93. The number of fused-ring (bicyclic) bond motifs is 1. The molecule has 0 bridgehead atoms. The van der Waals surface area contributed by atoms with Crippen molar-refractivity contribution < 1.29 is 14.3 Å². The number of likely N-dealkylation sites (tertiary alicyclic amines) is 1. The van der Waals surface area contributed by atoms with Crippen LogP contribution in [0.1, 0.15) is 20.8 Å². The predicted molar refractivity (Wildman–Crippen MR) is 73.1 cm³/mol. The first-order valence-corrected chi connectivity index (χ1v) is 7.00. The van der Waals surface area contributed by atoms with Crippen molar-refractivity contribution in [2.75, 3.05) is 40.3 Å². The number of rotatable bonds is 2. The molecule has 2 fully saturated rings. The molecule has 0 saturated carbocycles. The smallest absolute Gasteiger partial charge is 0.410 e. The van der Waals surface area contributed by atoms with Crippen LogP contribution < -0.4 is 0 Å². The van der Waals surface area contributed by atoms with Gasteiger partial charge in [-0.05, 0) is 34.9 Å². The lowest BCUT2D eigenvalue weighted by Gasteiger charge is -2.25. The van der Waals surface area contributed by atoms with E-state index in [1.807, 2.05) is 20.8 Å². The Kier molecular flexibility index (Phi) is 4.06. The van der Waals surface area contributed by atoms with Gasteiger partial charge in [0.1, 0.15) is 5.60 Å². The van der Waals surface area contributed by atoms with Crippen LogP contribution in [0, 0.1) is 11.8 Å². The Morgan fingerprint density at radius 2 is 2.05 bits per heavy atom. The molecule has 110 valence electrons. The molecular weight excluding hydrogens is 244 g/mol. The maximum absolute atomic E-state index is 12.1. The Hall–Kier alpha value is -0.810. The molecule has 2 rings (SSSR count). The summed E-state index contributed by atoms with van der Waals surface area (Å²) < 4.78 is 11.2. The van der Waals surface area contributed by atoms with Gasteiger partial charge in [-0.3, -0.25) is 0 Å². The molecule has 0 aliphatic carbocycles. The quantitative estimate of drug-likeness (QED) is 0.761. The van der Waals surface area contributed by atoms with Gasteiger partial charge >= 0.3 is 6.09 Å². The number of hydrogen-bond donors (Lipinski definition) is 0. The van der Waals surface area contributed by atoms with Crippen molar-refractivity contribution >= 4 is 6.09 Å². The van der Waals surface area contributed by atoms with E-state index in [1.165, 1.54) is 0 Å². The second kappa shape index (κ2) is 5.29. The van der Waals surface area contributed by atoms with E-state index in [2.05, 4.69) is 19.0 Å². The zero-order chi connectivity index (χ0) is 14.2. The van der Waals surface area contributed by atoms with Crippen molar-refractivity contribution in [1.29, 1.82) is 0 Å². The second-order valence-corrected chi connectivity index (χ2v) is 6.94. The van der Waals surface area contributed by atoms with Crippen LogP contribution in [-0.4, -0.2) is 67.9 Å².